The first-order valence-corrected chi connectivity index (χ1v) is 10.1. The van der Waals surface area contributed by atoms with E-state index in [-0.39, 0.29) is 18.4 Å². The largest absolute Gasteiger partial charge is 0.347 e. The van der Waals surface area contributed by atoms with Gasteiger partial charge in [-0.15, -0.1) is 0 Å². The maximum absolute atomic E-state index is 12.6. The normalized spacial score (nSPS) is 10.9. The summed E-state index contributed by atoms with van der Waals surface area (Å²) in [7, 11) is 3.47. The number of hydrogen-bond acceptors (Lipinski definition) is 3. The van der Waals surface area contributed by atoms with Crippen molar-refractivity contribution in [2.45, 2.75) is 6.54 Å². The monoisotopic (exact) mass is 465 g/mol. The highest BCUT2D eigenvalue weighted by Gasteiger charge is 2.13. The van der Waals surface area contributed by atoms with Crippen molar-refractivity contribution in [1.82, 2.24) is 19.7 Å². The number of H-pyrrole nitrogens is 1. The summed E-state index contributed by atoms with van der Waals surface area (Å²) in [6.45, 7) is 0.273. The van der Waals surface area contributed by atoms with E-state index in [0.29, 0.717) is 17.1 Å². The molecule has 0 aliphatic rings. The lowest BCUT2D eigenvalue weighted by atomic mass is 10.1. The van der Waals surface area contributed by atoms with Crippen LogP contribution in [0.5, 0.6) is 0 Å². The Balaban J connectivity index is 1.49. The molecule has 4 aromatic rings. The van der Waals surface area contributed by atoms with Gasteiger partial charge in [-0.25, -0.2) is 0 Å². The van der Waals surface area contributed by atoms with Crippen molar-refractivity contribution in [3.05, 3.63) is 71.0 Å². The third-order valence-corrected chi connectivity index (χ3v) is 5.32. The Bertz CT molecular complexity index is 1220. The van der Waals surface area contributed by atoms with E-state index >= 15 is 0 Å². The Morgan fingerprint density at radius 2 is 1.87 bits per heavy atom. The first-order valence-electron chi connectivity index (χ1n) is 9.32. The van der Waals surface area contributed by atoms with Crippen LogP contribution in [0.4, 0.5) is 5.69 Å². The molecule has 0 aliphatic heterocycles. The van der Waals surface area contributed by atoms with Crippen molar-refractivity contribution in [1.29, 1.82) is 0 Å². The zero-order chi connectivity index (χ0) is 21.3. The van der Waals surface area contributed by atoms with Crippen LogP contribution in [0.3, 0.4) is 0 Å². The second kappa shape index (κ2) is 8.16. The van der Waals surface area contributed by atoms with Gasteiger partial charge in [-0.1, -0.05) is 28.1 Å². The quantitative estimate of drug-likeness (QED) is 0.464. The van der Waals surface area contributed by atoms with E-state index in [4.69, 9.17) is 0 Å². The molecule has 0 fully saturated rings. The van der Waals surface area contributed by atoms with Gasteiger partial charge in [0.1, 0.15) is 12.2 Å². The lowest BCUT2D eigenvalue weighted by Gasteiger charge is -2.12. The van der Waals surface area contributed by atoms with Crippen LogP contribution in [-0.4, -0.2) is 45.6 Å². The molecule has 4 rings (SSSR count). The minimum atomic E-state index is -0.271. The number of hydrogen-bond donors (Lipinski definition) is 2. The Labute approximate surface area is 181 Å². The lowest BCUT2D eigenvalue weighted by Crippen LogP contribution is -2.25. The number of likely N-dealkylation sites (N-methyl/N-ethyl adjacent to an activating group) is 1. The van der Waals surface area contributed by atoms with Gasteiger partial charge < -0.3 is 14.8 Å². The van der Waals surface area contributed by atoms with Gasteiger partial charge in [-0.05, 0) is 42.5 Å². The van der Waals surface area contributed by atoms with Crippen LogP contribution in [0, 0.1) is 0 Å². The molecule has 0 atom stereocenters. The molecular formula is C22H20BrN5O2. The first kappa shape index (κ1) is 19.9. The fourth-order valence-electron chi connectivity index (χ4n) is 3.11. The second-order valence-corrected chi connectivity index (χ2v) is 8.05. The third kappa shape index (κ3) is 4.13. The van der Waals surface area contributed by atoms with Crippen LogP contribution < -0.4 is 5.32 Å². The minimum absolute atomic E-state index is 0.0192. The molecule has 2 aromatic carbocycles. The van der Waals surface area contributed by atoms with Crippen LogP contribution >= 0.6 is 15.9 Å². The molecule has 7 nitrogen and oxygen atoms in total. The molecule has 0 saturated carbocycles. The number of nitrogens with one attached hydrogen (secondary N) is 2. The van der Waals surface area contributed by atoms with Crippen molar-refractivity contribution < 1.29 is 9.59 Å². The summed E-state index contributed by atoms with van der Waals surface area (Å²) in [5.74, 6) is -0.252. The van der Waals surface area contributed by atoms with Gasteiger partial charge in [0.25, 0.3) is 5.91 Å². The van der Waals surface area contributed by atoms with Crippen molar-refractivity contribution in [2.75, 3.05) is 19.4 Å². The molecule has 2 aromatic heterocycles. The van der Waals surface area contributed by atoms with Crippen LogP contribution in [0.15, 0.2) is 65.3 Å². The topological polar surface area (TPSA) is 83.0 Å². The number of nitrogens with zero attached hydrogens (tertiary/aromatic N) is 3. The van der Waals surface area contributed by atoms with Gasteiger partial charge >= 0.3 is 0 Å². The van der Waals surface area contributed by atoms with Gasteiger partial charge in [-0.3, -0.25) is 14.7 Å². The fraction of sp³-hybridized carbons (Fsp3) is 0.136. The summed E-state index contributed by atoms with van der Waals surface area (Å²) in [4.78, 5) is 26.2. The van der Waals surface area contributed by atoms with Gasteiger partial charge in [-0.2, -0.15) is 5.10 Å². The number of carbonyl (C=O) groups excluding carboxylic acids is 2. The highest BCUT2D eigenvalue weighted by atomic mass is 79.9. The number of benzene rings is 2. The zero-order valence-electron chi connectivity index (χ0n) is 16.5. The molecule has 2 N–H and O–H groups in total. The molecule has 0 unspecified atom stereocenters. The number of carbonyl (C=O) groups is 2. The summed E-state index contributed by atoms with van der Waals surface area (Å²) in [6, 6.07) is 17.0. The van der Waals surface area contributed by atoms with Gasteiger partial charge in [0.05, 0.1) is 5.69 Å². The smallest absolute Gasteiger partial charge is 0.273 e. The van der Waals surface area contributed by atoms with Gasteiger partial charge in [0.15, 0.2) is 0 Å². The van der Waals surface area contributed by atoms with Gasteiger partial charge in [0, 0.05) is 46.9 Å². The predicted molar refractivity (Wildman–Crippen MR) is 120 cm³/mol. The van der Waals surface area contributed by atoms with Crippen LogP contribution in [-0.2, 0) is 11.3 Å². The van der Waals surface area contributed by atoms with Crippen molar-refractivity contribution in [3.8, 4) is 11.3 Å². The second-order valence-electron chi connectivity index (χ2n) is 7.13. The Hall–Kier alpha value is -3.39. The highest BCUT2D eigenvalue weighted by molar-refractivity contribution is 9.10. The molecule has 0 radical (unpaired) electrons. The Kier molecular flexibility index (Phi) is 5.41. The number of halogens is 1. The minimum Gasteiger partial charge on any atom is -0.347 e. The van der Waals surface area contributed by atoms with Crippen LogP contribution in [0.25, 0.3) is 22.2 Å². The fourth-order valence-corrected chi connectivity index (χ4v) is 3.37. The molecule has 0 bridgehead atoms. The number of rotatable bonds is 5. The Morgan fingerprint density at radius 1 is 1.10 bits per heavy atom. The number of aromatic nitrogens is 3. The standard InChI is InChI=1S/C22H20BrN5O2/c1-27(2)21(29)13-28-10-9-15-11-17(7-8-20(15)28)24-22(30)19-12-18(25-26-19)14-3-5-16(23)6-4-14/h3-12H,13H2,1-2H3,(H,24,30)(H,25,26). The molecule has 8 heteroatoms. The van der Waals surface area contributed by atoms with E-state index < -0.39 is 0 Å². The van der Waals surface area contributed by atoms with E-state index in [1.807, 2.05) is 59.3 Å². The van der Waals surface area contributed by atoms with Crippen LogP contribution in [0.1, 0.15) is 10.5 Å². The summed E-state index contributed by atoms with van der Waals surface area (Å²) in [5, 5.41) is 10.9. The van der Waals surface area contributed by atoms with Crippen molar-refractivity contribution in [3.63, 3.8) is 0 Å². The Morgan fingerprint density at radius 3 is 2.60 bits per heavy atom. The molecule has 0 spiro atoms. The average molecular weight is 466 g/mol. The third-order valence-electron chi connectivity index (χ3n) is 4.80. The molecular weight excluding hydrogens is 446 g/mol. The average Bonchev–Trinajstić information content (AvgIpc) is 3.36. The van der Waals surface area contributed by atoms with Crippen molar-refractivity contribution in [2.24, 2.45) is 0 Å². The maximum atomic E-state index is 12.6. The summed E-state index contributed by atoms with van der Waals surface area (Å²) in [6.07, 6.45) is 1.87. The number of aromatic amines is 1. The molecule has 30 heavy (non-hydrogen) atoms. The first-order chi connectivity index (χ1) is 14.4. The van der Waals surface area contributed by atoms with E-state index in [9.17, 15) is 9.59 Å². The summed E-state index contributed by atoms with van der Waals surface area (Å²) in [5.41, 5.74) is 3.60. The van der Waals surface area contributed by atoms with E-state index in [0.717, 1.165) is 20.9 Å². The molecule has 0 aliphatic carbocycles. The number of anilines is 1. The SMILES string of the molecule is CN(C)C(=O)Cn1ccc2cc(NC(=O)c3cc(-c4ccc(Br)cc4)n[nH]3)ccc21. The molecule has 152 valence electrons. The van der Waals surface area contributed by atoms with E-state index in [2.05, 4.69) is 31.4 Å². The lowest BCUT2D eigenvalue weighted by molar-refractivity contribution is -0.129. The zero-order valence-corrected chi connectivity index (χ0v) is 18.1. The molecule has 2 heterocycles. The molecule has 2 amide bonds. The maximum Gasteiger partial charge on any atom is 0.273 e. The van der Waals surface area contributed by atoms with E-state index in [1.165, 1.54) is 0 Å². The van der Waals surface area contributed by atoms with Gasteiger partial charge in [0.2, 0.25) is 5.91 Å². The summed E-state index contributed by atoms with van der Waals surface area (Å²) < 4.78 is 2.87. The summed E-state index contributed by atoms with van der Waals surface area (Å²) >= 11 is 3.41. The highest BCUT2D eigenvalue weighted by Crippen LogP contribution is 2.23. The van der Waals surface area contributed by atoms with Crippen LogP contribution in [0.2, 0.25) is 0 Å². The number of amides is 2. The predicted octanol–water partition coefficient (Wildman–Crippen LogP) is 4.13. The van der Waals surface area contributed by atoms with E-state index in [1.54, 1.807) is 25.1 Å². The number of fused-ring (bicyclic) bond motifs is 1. The molecule has 0 saturated heterocycles. The van der Waals surface area contributed by atoms with Crippen molar-refractivity contribution >= 4 is 44.3 Å².